The van der Waals surface area contributed by atoms with E-state index >= 15 is 0 Å². The van der Waals surface area contributed by atoms with Crippen LogP contribution in [0.3, 0.4) is 0 Å². The van der Waals surface area contributed by atoms with Crippen molar-refractivity contribution in [2.24, 2.45) is 11.8 Å². The SMILES string of the molecule is O=C(O)C1CCN(Cc2cccc(OC3CCCC3)c2)CC1C(=O)O. The van der Waals surface area contributed by atoms with Crippen molar-refractivity contribution in [3.8, 4) is 5.75 Å². The Bertz CT molecular complexity index is 626. The Hall–Kier alpha value is -2.08. The van der Waals surface area contributed by atoms with Crippen LogP contribution in [-0.4, -0.2) is 46.2 Å². The highest BCUT2D eigenvalue weighted by Crippen LogP contribution is 2.27. The Morgan fingerprint density at radius 2 is 1.80 bits per heavy atom. The normalized spacial score (nSPS) is 25.0. The van der Waals surface area contributed by atoms with Crippen molar-refractivity contribution in [3.63, 3.8) is 0 Å². The van der Waals surface area contributed by atoms with Gasteiger partial charge in [-0.25, -0.2) is 0 Å². The molecule has 1 heterocycles. The van der Waals surface area contributed by atoms with Crippen molar-refractivity contribution in [3.05, 3.63) is 29.8 Å². The molecule has 0 bridgehead atoms. The maximum atomic E-state index is 11.4. The molecule has 1 aliphatic heterocycles. The monoisotopic (exact) mass is 347 g/mol. The van der Waals surface area contributed by atoms with Crippen LogP contribution >= 0.6 is 0 Å². The largest absolute Gasteiger partial charge is 0.490 e. The van der Waals surface area contributed by atoms with E-state index in [0.717, 1.165) is 24.2 Å². The van der Waals surface area contributed by atoms with Crippen molar-refractivity contribution in [2.75, 3.05) is 13.1 Å². The van der Waals surface area contributed by atoms with Gasteiger partial charge in [0, 0.05) is 13.1 Å². The molecule has 136 valence electrons. The maximum Gasteiger partial charge on any atom is 0.308 e. The number of nitrogens with zero attached hydrogens (tertiary/aromatic N) is 1. The number of carbonyl (C=O) groups is 2. The second kappa shape index (κ2) is 7.87. The lowest BCUT2D eigenvalue weighted by atomic mass is 9.85. The third-order valence-electron chi connectivity index (χ3n) is 5.24. The lowest BCUT2D eigenvalue weighted by Crippen LogP contribution is -2.46. The number of benzene rings is 1. The van der Waals surface area contributed by atoms with E-state index in [0.29, 0.717) is 25.6 Å². The van der Waals surface area contributed by atoms with Gasteiger partial charge in [0.25, 0.3) is 0 Å². The average Bonchev–Trinajstić information content (AvgIpc) is 3.08. The summed E-state index contributed by atoms with van der Waals surface area (Å²) in [7, 11) is 0. The number of piperidine rings is 1. The molecule has 0 spiro atoms. The van der Waals surface area contributed by atoms with Gasteiger partial charge in [-0.3, -0.25) is 14.5 Å². The van der Waals surface area contributed by atoms with Crippen LogP contribution in [0.5, 0.6) is 5.75 Å². The molecule has 0 aromatic heterocycles. The van der Waals surface area contributed by atoms with E-state index in [-0.39, 0.29) is 6.54 Å². The van der Waals surface area contributed by atoms with Crippen LogP contribution in [-0.2, 0) is 16.1 Å². The van der Waals surface area contributed by atoms with Crippen LogP contribution < -0.4 is 4.74 Å². The van der Waals surface area contributed by atoms with Crippen molar-refractivity contribution >= 4 is 11.9 Å². The van der Waals surface area contributed by atoms with Gasteiger partial charge in [0.1, 0.15) is 5.75 Å². The topological polar surface area (TPSA) is 87.1 Å². The molecule has 2 aliphatic rings. The highest BCUT2D eigenvalue weighted by Gasteiger charge is 2.38. The van der Waals surface area contributed by atoms with Crippen molar-refractivity contribution in [2.45, 2.75) is 44.8 Å². The summed E-state index contributed by atoms with van der Waals surface area (Å²) in [4.78, 5) is 24.7. The number of hydrogen-bond donors (Lipinski definition) is 2. The summed E-state index contributed by atoms with van der Waals surface area (Å²) in [5.74, 6) is -2.84. The maximum absolute atomic E-state index is 11.4. The minimum atomic E-state index is -1.03. The van der Waals surface area contributed by atoms with Crippen LogP contribution in [0.15, 0.2) is 24.3 Å². The van der Waals surface area contributed by atoms with Gasteiger partial charge in [0.15, 0.2) is 0 Å². The quantitative estimate of drug-likeness (QED) is 0.822. The van der Waals surface area contributed by atoms with Crippen LogP contribution in [0.25, 0.3) is 0 Å². The molecule has 1 aromatic rings. The molecule has 1 saturated heterocycles. The van der Waals surface area contributed by atoms with Crippen molar-refractivity contribution in [1.82, 2.24) is 4.90 Å². The predicted molar refractivity (Wildman–Crippen MR) is 91.5 cm³/mol. The number of carboxylic acids is 2. The van der Waals surface area contributed by atoms with Crippen molar-refractivity contribution < 1.29 is 24.5 Å². The third-order valence-corrected chi connectivity index (χ3v) is 5.24. The molecule has 2 N–H and O–H groups in total. The Balaban J connectivity index is 1.62. The molecule has 2 atom stereocenters. The Morgan fingerprint density at radius 1 is 1.08 bits per heavy atom. The lowest BCUT2D eigenvalue weighted by Gasteiger charge is -2.34. The zero-order valence-corrected chi connectivity index (χ0v) is 14.3. The smallest absolute Gasteiger partial charge is 0.308 e. The molecule has 0 amide bonds. The summed E-state index contributed by atoms with van der Waals surface area (Å²) in [5, 5.41) is 18.5. The van der Waals surface area contributed by atoms with E-state index in [1.54, 1.807) is 0 Å². The highest BCUT2D eigenvalue weighted by atomic mass is 16.5. The van der Waals surface area contributed by atoms with Crippen LogP contribution in [0.4, 0.5) is 0 Å². The summed E-state index contributed by atoms with van der Waals surface area (Å²) in [6, 6.07) is 7.93. The molecule has 2 unspecified atom stereocenters. The molecule has 0 radical (unpaired) electrons. The minimum Gasteiger partial charge on any atom is -0.490 e. The Labute approximate surface area is 147 Å². The molecule has 1 saturated carbocycles. The molecule has 1 aliphatic carbocycles. The molecular formula is C19H25NO5. The van der Waals surface area contributed by atoms with Gasteiger partial charge in [-0.15, -0.1) is 0 Å². The number of hydrogen-bond acceptors (Lipinski definition) is 4. The first-order valence-corrected chi connectivity index (χ1v) is 8.96. The molecule has 6 nitrogen and oxygen atoms in total. The molecule has 25 heavy (non-hydrogen) atoms. The number of ether oxygens (including phenoxy) is 1. The van der Waals surface area contributed by atoms with Gasteiger partial charge in [0.05, 0.1) is 17.9 Å². The number of aliphatic carboxylic acids is 2. The number of carboxylic acid groups (broad SMARTS) is 2. The second-order valence-corrected chi connectivity index (χ2v) is 7.08. The van der Waals surface area contributed by atoms with Gasteiger partial charge in [-0.2, -0.15) is 0 Å². The van der Waals surface area contributed by atoms with E-state index in [2.05, 4.69) is 0 Å². The van der Waals surface area contributed by atoms with E-state index < -0.39 is 23.8 Å². The first-order valence-electron chi connectivity index (χ1n) is 8.96. The molecule has 3 rings (SSSR count). The highest BCUT2D eigenvalue weighted by molar-refractivity contribution is 5.80. The third kappa shape index (κ3) is 4.51. The summed E-state index contributed by atoms with van der Waals surface area (Å²) in [6.07, 6.45) is 5.32. The van der Waals surface area contributed by atoms with E-state index in [4.69, 9.17) is 4.74 Å². The molecule has 1 aromatic carbocycles. The first kappa shape index (κ1) is 17.7. The van der Waals surface area contributed by atoms with Gasteiger partial charge in [0.2, 0.25) is 0 Å². The van der Waals surface area contributed by atoms with Crippen LogP contribution in [0.2, 0.25) is 0 Å². The molecular weight excluding hydrogens is 322 g/mol. The Kier molecular flexibility index (Phi) is 5.58. The molecule has 2 fully saturated rings. The number of rotatable bonds is 6. The van der Waals surface area contributed by atoms with Crippen molar-refractivity contribution in [1.29, 1.82) is 0 Å². The predicted octanol–water partition coefficient (Wildman–Crippen LogP) is 2.62. The van der Waals surface area contributed by atoms with Gasteiger partial charge in [-0.1, -0.05) is 12.1 Å². The zero-order chi connectivity index (χ0) is 17.8. The van der Waals surface area contributed by atoms with Gasteiger partial charge in [-0.05, 0) is 56.3 Å². The van der Waals surface area contributed by atoms with Gasteiger partial charge >= 0.3 is 11.9 Å². The summed E-state index contributed by atoms with van der Waals surface area (Å²) >= 11 is 0. The van der Waals surface area contributed by atoms with E-state index in [9.17, 15) is 19.8 Å². The minimum absolute atomic E-state index is 0.264. The zero-order valence-electron chi connectivity index (χ0n) is 14.3. The van der Waals surface area contributed by atoms with Crippen LogP contribution in [0.1, 0.15) is 37.7 Å². The standard InChI is InChI=1S/C19H25NO5/c21-18(22)16-8-9-20(12-17(16)19(23)24)11-13-4-3-7-15(10-13)25-14-5-1-2-6-14/h3-4,7,10,14,16-17H,1-2,5-6,8-9,11-12H2,(H,21,22)(H,23,24). The fraction of sp³-hybridized carbons (Fsp3) is 0.579. The lowest BCUT2D eigenvalue weighted by molar-refractivity contribution is -0.157. The summed E-state index contributed by atoms with van der Waals surface area (Å²) in [5.41, 5.74) is 1.06. The van der Waals surface area contributed by atoms with E-state index in [1.165, 1.54) is 12.8 Å². The summed E-state index contributed by atoms with van der Waals surface area (Å²) in [6.45, 7) is 1.46. The molecule has 6 heteroatoms. The first-order chi connectivity index (χ1) is 12.0. The fourth-order valence-corrected chi connectivity index (χ4v) is 3.88. The fourth-order valence-electron chi connectivity index (χ4n) is 3.88. The van der Waals surface area contributed by atoms with Gasteiger partial charge < -0.3 is 14.9 Å². The second-order valence-electron chi connectivity index (χ2n) is 7.08. The Morgan fingerprint density at radius 3 is 2.48 bits per heavy atom. The summed E-state index contributed by atoms with van der Waals surface area (Å²) < 4.78 is 6.02. The van der Waals surface area contributed by atoms with Crippen LogP contribution in [0, 0.1) is 11.8 Å². The number of likely N-dealkylation sites (tertiary alicyclic amines) is 1. The van der Waals surface area contributed by atoms with E-state index in [1.807, 2.05) is 29.2 Å². The average molecular weight is 347 g/mol.